The highest BCUT2D eigenvalue weighted by Gasteiger charge is 2.41. The average Bonchev–Trinajstić information content (AvgIpc) is 1.77. The number of benzene rings is 2. The molecule has 0 aliphatic carbocycles. The zero-order chi connectivity index (χ0) is 78.1. The highest BCUT2D eigenvalue weighted by atomic mass is 32.2. The van der Waals surface area contributed by atoms with E-state index in [-0.39, 0.29) is 100 Å². The van der Waals surface area contributed by atoms with E-state index in [1.807, 2.05) is 6.07 Å². The lowest BCUT2D eigenvalue weighted by molar-refractivity contribution is -0.459. The molecule has 6 rings (SSSR count). The van der Waals surface area contributed by atoms with Crippen LogP contribution in [0.1, 0.15) is 147 Å². The fourth-order valence-corrected chi connectivity index (χ4v) is 14.1. The summed E-state index contributed by atoms with van der Waals surface area (Å²) in [6.07, 6.45) is 2.63. The third kappa shape index (κ3) is 28.6. The van der Waals surface area contributed by atoms with Gasteiger partial charge in [0.15, 0.2) is 0 Å². The molecule has 0 radical (unpaired) electrons. The van der Waals surface area contributed by atoms with Crippen molar-refractivity contribution < 1.29 is 91.9 Å². The predicted molar refractivity (Wildman–Crippen MR) is 390 cm³/mol. The number of nitrogens with one attached hydrogen (secondary N) is 11. The summed E-state index contributed by atoms with van der Waals surface area (Å²) in [5.74, 6) is -15.4. The van der Waals surface area contributed by atoms with Crippen molar-refractivity contribution in [1.29, 1.82) is 0 Å². The second-order valence-electron chi connectivity index (χ2n) is 26.5. The Balaban J connectivity index is 1.45. The number of guanidine groups is 1. The minimum Gasteiger partial charge on any atom is -0.550 e. The number of ether oxygens (including phenoxy) is 1. The van der Waals surface area contributed by atoms with Crippen molar-refractivity contribution in [3.05, 3.63) is 65.4 Å². The highest BCUT2D eigenvalue weighted by molar-refractivity contribution is 7.98. The molecule has 0 spiro atoms. The average molecular weight is 1530 g/mol. The van der Waals surface area contributed by atoms with E-state index < -0.39 is 181 Å². The molecule has 1 fully saturated rings. The molecule has 37 heteroatoms. The number of oxime groups is 1. The number of unbranched alkanes of at least 4 members (excludes halogenated alkanes) is 1. The fraction of sp³-hybridized carbons (Fsp3) is 0.571. The number of carboxylic acid groups (broad SMARTS) is 2. The Labute approximate surface area is 627 Å². The van der Waals surface area contributed by atoms with E-state index in [2.05, 4.69) is 63.0 Å². The molecule has 3 aliphatic heterocycles. The largest absolute Gasteiger partial charge is 0.550 e. The first-order valence-electron chi connectivity index (χ1n) is 35.9. The highest BCUT2D eigenvalue weighted by Crippen LogP contribution is 2.28. The van der Waals surface area contributed by atoms with Crippen molar-refractivity contribution in [3.8, 4) is 5.75 Å². The van der Waals surface area contributed by atoms with Crippen LogP contribution in [0.2, 0.25) is 0 Å². The third-order valence-electron chi connectivity index (χ3n) is 18.1. The number of thioether (sulfide) groups is 2. The van der Waals surface area contributed by atoms with E-state index in [1.54, 1.807) is 63.4 Å². The number of nitrogens with zero attached hydrogens (tertiary/aromatic N) is 2. The van der Waals surface area contributed by atoms with Gasteiger partial charge in [-0.25, -0.2) is 0 Å². The number of amides is 12. The maximum Gasteiger partial charge on any atom is 0.338 e. The Kier molecular flexibility index (Phi) is 35.3. The summed E-state index contributed by atoms with van der Waals surface area (Å²) in [7, 11) is 0. The molecule has 11 atom stereocenters. The van der Waals surface area contributed by atoms with Gasteiger partial charge in [-0.05, 0) is 118 Å². The van der Waals surface area contributed by atoms with Crippen molar-refractivity contribution in [3.63, 3.8) is 0 Å². The number of para-hydroxylation sites is 1. The van der Waals surface area contributed by atoms with E-state index in [1.165, 1.54) is 16.7 Å². The number of carbonyl (C=O) groups is 14. The Hall–Kier alpha value is -10.2. The number of hydrogen-bond acceptors (Lipinski definition) is 21. The Morgan fingerprint density at radius 1 is 0.636 bits per heavy atom. The Bertz CT molecular complexity index is 3690. The van der Waals surface area contributed by atoms with Gasteiger partial charge < -0.3 is 98.6 Å². The normalized spacial score (nSPS) is 24.4. The summed E-state index contributed by atoms with van der Waals surface area (Å²) < 4.78 is 6.28. The lowest BCUT2D eigenvalue weighted by Crippen LogP contribution is -2.78. The standard InChI is InChI=1S/C70H101N17O18S2/c1-4-6-16-47-62(96)82-51(32-58(92)93)66(100)86-59(39(3)5-2)68(102)83-50(31-42-33-76-45-17-10-9-15-44(42)45)65(99)80-48(20-22-55(71)88)63(97)79-49(21-23-57(90)91)64(98)84-52(60(72)94)37-106-35-40-28-41-30-43(29-40)104-26-11-7-8-12-27-105-77-34-56(89)78-46(18-13-24-75-70(73)74)61(95)85-53(38-107-36-41)69(103)87-25-14-19-54(87)67(101)81-47/h9-10,15,17,28-30,33-34,39,46-54,59,76H,4-8,11-14,16,18-27,31-32,35-38H2,1-3H3,(H2,71,88)(H2,72,94)(H,78,89)(H,79,97)(H,80,99)(H,81,101)(H,82,96)(H,83,102)(H,84,98)(H,85,95)(H,86,100)(H,90,91)(H,92,93)(H4,73,74,75)/p-1/b77-34+/t39-,46-,47-,48-,49-,50-,51-,52-,53-,54-,59-/m0/s1. The van der Waals surface area contributed by atoms with Crippen molar-refractivity contribution in [2.45, 2.75) is 208 Å². The summed E-state index contributed by atoms with van der Waals surface area (Å²) in [6.45, 7) is 5.66. The molecule has 4 heterocycles. The van der Waals surface area contributed by atoms with Gasteiger partial charge in [0, 0.05) is 77.9 Å². The van der Waals surface area contributed by atoms with Gasteiger partial charge >= 0.3 is 5.96 Å². The van der Waals surface area contributed by atoms with Crippen LogP contribution in [0, 0.1) is 5.92 Å². The van der Waals surface area contributed by atoms with Gasteiger partial charge in [-0.1, -0.05) is 69.5 Å². The number of aromatic nitrogens is 1. The number of carboxylic acids is 2. The smallest absolute Gasteiger partial charge is 0.338 e. The molecule has 1 saturated heterocycles. The lowest BCUT2D eigenvalue weighted by Gasteiger charge is -2.31. The second kappa shape index (κ2) is 44.1. The fourth-order valence-electron chi connectivity index (χ4n) is 12.1. The molecule has 12 amide bonds. The van der Waals surface area contributed by atoms with Crippen LogP contribution in [0.5, 0.6) is 5.75 Å². The minimum absolute atomic E-state index is 0.00405. The molecule has 0 saturated carbocycles. The van der Waals surface area contributed by atoms with Gasteiger partial charge in [-0.2, -0.15) is 23.5 Å². The number of primary amides is 2. The van der Waals surface area contributed by atoms with Crippen LogP contribution < -0.4 is 90.7 Å². The number of nitrogens with two attached hydrogens (primary N) is 4. The molecule has 2 aromatic carbocycles. The molecule has 3 aromatic rings. The number of carbonyl (C=O) groups excluding carboxylic acids is 14. The molecule has 3 aliphatic rings. The number of aliphatic carboxylic acids is 2. The van der Waals surface area contributed by atoms with Crippen LogP contribution in [0.15, 0.2) is 53.8 Å². The van der Waals surface area contributed by atoms with Gasteiger partial charge in [0.2, 0.25) is 65.0 Å². The van der Waals surface area contributed by atoms with Crippen LogP contribution >= 0.6 is 23.5 Å². The Morgan fingerprint density at radius 2 is 1.22 bits per heavy atom. The molecule has 4 bridgehead atoms. The molecule has 35 nitrogen and oxygen atoms in total. The van der Waals surface area contributed by atoms with Crippen LogP contribution in [-0.4, -0.2) is 203 Å². The van der Waals surface area contributed by atoms with E-state index in [0.717, 1.165) is 24.4 Å². The zero-order valence-electron chi connectivity index (χ0n) is 60.3. The molecule has 19 N–H and O–H groups in total. The van der Waals surface area contributed by atoms with Crippen LogP contribution in [0.4, 0.5) is 0 Å². The number of rotatable bonds is 20. The van der Waals surface area contributed by atoms with E-state index in [9.17, 15) is 72.5 Å². The first-order valence-corrected chi connectivity index (χ1v) is 38.2. The molecular weight excluding hydrogens is 1430 g/mol. The van der Waals surface area contributed by atoms with Crippen molar-refractivity contribution in [2.24, 2.45) is 34.0 Å². The van der Waals surface area contributed by atoms with E-state index in [4.69, 9.17) is 32.5 Å². The van der Waals surface area contributed by atoms with Gasteiger partial charge in [-0.15, -0.1) is 0 Å². The molecule has 586 valence electrons. The van der Waals surface area contributed by atoms with Crippen LogP contribution in [0.3, 0.4) is 0 Å². The zero-order valence-corrected chi connectivity index (χ0v) is 61.9. The monoisotopic (exact) mass is 1530 g/mol. The van der Waals surface area contributed by atoms with Gasteiger partial charge in [0.1, 0.15) is 79.0 Å². The summed E-state index contributed by atoms with van der Waals surface area (Å²) in [5, 5.41) is 52.1. The molecule has 1 aromatic heterocycles. The lowest BCUT2D eigenvalue weighted by atomic mass is 9.96. The van der Waals surface area contributed by atoms with Crippen molar-refractivity contribution in [2.75, 3.05) is 37.8 Å². The summed E-state index contributed by atoms with van der Waals surface area (Å²) in [5.41, 5.74) is 25.1. The maximum atomic E-state index is 15.3. The third-order valence-corrected chi connectivity index (χ3v) is 20.3. The topological polar surface area (TPSA) is 561 Å². The van der Waals surface area contributed by atoms with Gasteiger partial charge in [0.25, 0.3) is 5.91 Å². The van der Waals surface area contributed by atoms with Crippen LogP contribution in [0.25, 0.3) is 10.9 Å². The summed E-state index contributed by atoms with van der Waals surface area (Å²) in [6, 6.07) is -3.26. The van der Waals surface area contributed by atoms with E-state index >= 15 is 4.79 Å². The number of H-pyrrole nitrogens is 1. The minimum atomic E-state index is -1.97. The second-order valence-corrected chi connectivity index (χ2v) is 28.6. The Morgan fingerprint density at radius 3 is 1.88 bits per heavy atom. The SMILES string of the molecule is CCCC[C@@H]1NC(=O)[C@@H]2CCCN2C(=O)[C@@H]2CSCc3cc(cc(c3)OCCCCCCO/N=C/C(=O)N[C@@H](CCC[NH+]=C(N)N)C(=O)N2)CSC[C@@H](C(N)=O)NC(=O)[C@H](CCC(=O)[O-])NC(=O)[C@H](CCC(N)=O)NC(=O)[C@H](Cc2c[nH]c3ccccc23)NC(=O)[C@H]([C@@H](C)CC)NC(=O)[C@H](CC(=O)[O-])NC1=O. The summed E-state index contributed by atoms with van der Waals surface area (Å²) >= 11 is 2.37. The quantitative estimate of drug-likeness (QED) is 0.0286. The van der Waals surface area contributed by atoms with Gasteiger partial charge in [-0.3, -0.25) is 74.0 Å². The number of hydrogen-bond donors (Lipinski definition) is 15. The van der Waals surface area contributed by atoms with Gasteiger partial charge in [0.05, 0.1) is 13.2 Å². The number of fused-ring (bicyclic) bond motifs is 7. The maximum absolute atomic E-state index is 15.3. The van der Waals surface area contributed by atoms with E-state index in [0.29, 0.717) is 65.4 Å². The first-order chi connectivity index (χ1) is 51.1. The predicted octanol–water partition coefficient (Wildman–Crippen LogP) is -5.01. The van der Waals surface area contributed by atoms with Crippen LogP contribution in [-0.2, 0) is 89.9 Å². The van der Waals surface area contributed by atoms with Crippen molar-refractivity contribution in [1.82, 2.24) is 57.7 Å². The van der Waals surface area contributed by atoms with Crippen molar-refractivity contribution >= 4 is 129 Å². The summed E-state index contributed by atoms with van der Waals surface area (Å²) in [4.78, 5) is 208. The molecule has 0 unspecified atom stereocenters. The number of aromatic amines is 1. The molecular formula is C70H100N17O18S2-. The molecule has 107 heavy (non-hydrogen) atoms. The first kappa shape index (κ1) is 85.7.